The Hall–Kier alpha value is -1.02. The van der Waals surface area contributed by atoms with E-state index in [-0.39, 0.29) is 5.41 Å². The molecule has 0 radical (unpaired) electrons. The van der Waals surface area contributed by atoms with E-state index in [4.69, 9.17) is 0 Å². The van der Waals surface area contributed by atoms with Gasteiger partial charge in [0.15, 0.2) is 0 Å². The molecule has 0 aliphatic carbocycles. The predicted molar refractivity (Wildman–Crippen MR) is 65.5 cm³/mol. The van der Waals surface area contributed by atoms with Crippen LogP contribution >= 0.6 is 11.8 Å². The molecule has 1 aliphatic rings. The quantitative estimate of drug-likeness (QED) is 0.665. The van der Waals surface area contributed by atoms with E-state index in [9.17, 15) is 0 Å². The van der Waals surface area contributed by atoms with E-state index in [0.29, 0.717) is 0 Å². The molecule has 0 N–H and O–H groups in total. The van der Waals surface area contributed by atoms with Crippen LogP contribution in [0.3, 0.4) is 0 Å². The Morgan fingerprint density at radius 1 is 1.27 bits per heavy atom. The standard InChI is InChI=1S/C13H13NS/c1-13(2)8-15-12-11-9(6-7-14-12)4-3-5-10(11)13/h3-7H,8H2,1-2H3. The molecular weight excluding hydrogens is 202 g/mol. The minimum absolute atomic E-state index is 0.264. The van der Waals surface area contributed by atoms with Crippen molar-refractivity contribution < 1.29 is 0 Å². The Bertz CT molecular complexity index is 526. The largest absolute Gasteiger partial charge is 0.249 e. The number of aromatic nitrogens is 1. The van der Waals surface area contributed by atoms with Crippen LogP contribution in [-0.2, 0) is 5.41 Å². The summed E-state index contributed by atoms with van der Waals surface area (Å²) in [6, 6.07) is 8.67. The summed E-state index contributed by atoms with van der Waals surface area (Å²) < 4.78 is 0. The molecule has 0 bridgehead atoms. The monoisotopic (exact) mass is 215 g/mol. The maximum Gasteiger partial charge on any atom is 0.104 e. The zero-order valence-electron chi connectivity index (χ0n) is 8.95. The van der Waals surface area contributed by atoms with Crippen molar-refractivity contribution in [2.75, 3.05) is 5.75 Å². The van der Waals surface area contributed by atoms with Crippen LogP contribution in [-0.4, -0.2) is 10.7 Å². The van der Waals surface area contributed by atoms with E-state index in [0.717, 1.165) is 5.75 Å². The lowest BCUT2D eigenvalue weighted by atomic mass is 9.83. The second-order valence-corrected chi connectivity index (χ2v) is 5.66. The highest BCUT2D eigenvalue weighted by molar-refractivity contribution is 7.99. The minimum atomic E-state index is 0.264. The van der Waals surface area contributed by atoms with Gasteiger partial charge < -0.3 is 0 Å². The van der Waals surface area contributed by atoms with Gasteiger partial charge >= 0.3 is 0 Å². The van der Waals surface area contributed by atoms with E-state index >= 15 is 0 Å². The number of nitrogens with zero attached hydrogens (tertiary/aromatic N) is 1. The van der Waals surface area contributed by atoms with Gasteiger partial charge in [-0.2, -0.15) is 0 Å². The van der Waals surface area contributed by atoms with Gasteiger partial charge in [-0.1, -0.05) is 32.0 Å². The molecule has 1 aliphatic heterocycles. The van der Waals surface area contributed by atoms with Crippen LogP contribution < -0.4 is 0 Å². The fourth-order valence-corrected chi connectivity index (χ4v) is 3.36. The van der Waals surface area contributed by atoms with Gasteiger partial charge in [0, 0.05) is 17.3 Å². The van der Waals surface area contributed by atoms with Crippen molar-refractivity contribution in [3.8, 4) is 0 Å². The number of hydrogen-bond donors (Lipinski definition) is 0. The first-order chi connectivity index (χ1) is 7.18. The van der Waals surface area contributed by atoms with Crippen molar-refractivity contribution in [3.05, 3.63) is 36.0 Å². The molecule has 2 aromatic rings. The second-order valence-electron chi connectivity index (χ2n) is 4.69. The van der Waals surface area contributed by atoms with Gasteiger partial charge in [0.25, 0.3) is 0 Å². The maximum atomic E-state index is 4.47. The van der Waals surface area contributed by atoms with Gasteiger partial charge in [0.2, 0.25) is 0 Å². The third-order valence-corrected chi connectivity index (χ3v) is 4.50. The molecule has 0 atom stereocenters. The van der Waals surface area contributed by atoms with Crippen LogP contribution in [0.25, 0.3) is 10.8 Å². The molecule has 2 heterocycles. The van der Waals surface area contributed by atoms with Crippen LogP contribution in [0.15, 0.2) is 35.5 Å². The fraction of sp³-hybridized carbons (Fsp3) is 0.308. The van der Waals surface area contributed by atoms with Gasteiger partial charge in [0.05, 0.1) is 0 Å². The van der Waals surface area contributed by atoms with E-state index < -0.39 is 0 Å². The molecule has 2 heteroatoms. The summed E-state index contributed by atoms with van der Waals surface area (Å²) in [5, 5.41) is 3.88. The number of thioether (sulfide) groups is 1. The number of pyridine rings is 1. The molecular formula is C13H13NS. The van der Waals surface area contributed by atoms with Crippen molar-refractivity contribution in [2.45, 2.75) is 24.3 Å². The Morgan fingerprint density at radius 3 is 3.00 bits per heavy atom. The highest BCUT2D eigenvalue weighted by Crippen LogP contribution is 2.42. The van der Waals surface area contributed by atoms with Crippen LogP contribution in [0.1, 0.15) is 19.4 Å². The van der Waals surface area contributed by atoms with E-state index in [2.05, 4.69) is 43.1 Å². The van der Waals surface area contributed by atoms with E-state index in [1.54, 1.807) is 0 Å². The molecule has 1 aromatic heterocycles. The highest BCUT2D eigenvalue weighted by atomic mass is 32.2. The smallest absolute Gasteiger partial charge is 0.104 e. The van der Waals surface area contributed by atoms with Crippen molar-refractivity contribution in [1.82, 2.24) is 4.98 Å². The number of rotatable bonds is 0. The summed E-state index contributed by atoms with van der Waals surface area (Å²) in [5.41, 5.74) is 1.71. The van der Waals surface area contributed by atoms with E-state index in [1.165, 1.54) is 21.4 Å². The second kappa shape index (κ2) is 2.99. The molecule has 76 valence electrons. The minimum Gasteiger partial charge on any atom is -0.249 e. The first-order valence-electron chi connectivity index (χ1n) is 5.19. The molecule has 3 rings (SSSR count). The summed E-state index contributed by atoms with van der Waals surface area (Å²) in [6.45, 7) is 4.62. The molecule has 0 saturated carbocycles. The average molecular weight is 215 g/mol. The zero-order valence-corrected chi connectivity index (χ0v) is 9.77. The zero-order chi connectivity index (χ0) is 10.5. The molecule has 0 unspecified atom stereocenters. The Kier molecular flexibility index (Phi) is 1.84. The third kappa shape index (κ3) is 1.28. The normalized spacial score (nSPS) is 18.0. The predicted octanol–water partition coefficient (Wildman–Crippen LogP) is 3.62. The van der Waals surface area contributed by atoms with Crippen LogP contribution in [0.5, 0.6) is 0 Å². The lowest BCUT2D eigenvalue weighted by Gasteiger charge is -2.31. The fourth-order valence-electron chi connectivity index (χ4n) is 2.20. The summed E-state index contributed by atoms with van der Waals surface area (Å²) in [5.74, 6) is 1.12. The number of benzene rings is 1. The van der Waals surface area contributed by atoms with Gasteiger partial charge in [-0.3, -0.25) is 0 Å². The number of hydrogen-bond acceptors (Lipinski definition) is 2. The summed E-state index contributed by atoms with van der Waals surface area (Å²) in [7, 11) is 0. The topological polar surface area (TPSA) is 12.9 Å². The van der Waals surface area contributed by atoms with Crippen molar-refractivity contribution in [3.63, 3.8) is 0 Å². The molecule has 0 amide bonds. The Labute approximate surface area is 93.9 Å². The molecule has 1 aromatic carbocycles. The van der Waals surface area contributed by atoms with E-state index in [1.807, 2.05) is 18.0 Å². The molecule has 15 heavy (non-hydrogen) atoms. The molecule has 0 spiro atoms. The lowest BCUT2D eigenvalue weighted by Crippen LogP contribution is -2.23. The summed E-state index contributed by atoms with van der Waals surface area (Å²) in [6.07, 6.45) is 1.91. The molecule has 1 nitrogen and oxygen atoms in total. The summed E-state index contributed by atoms with van der Waals surface area (Å²) in [4.78, 5) is 4.47. The van der Waals surface area contributed by atoms with Gasteiger partial charge in [-0.05, 0) is 22.4 Å². The van der Waals surface area contributed by atoms with Gasteiger partial charge in [-0.25, -0.2) is 4.98 Å². The van der Waals surface area contributed by atoms with Gasteiger partial charge in [0.1, 0.15) is 5.03 Å². The van der Waals surface area contributed by atoms with Crippen LogP contribution in [0.2, 0.25) is 0 Å². The average Bonchev–Trinajstić information content (AvgIpc) is 2.24. The van der Waals surface area contributed by atoms with Crippen LogP contribution in [0.4, 0.5) is 0 Å². The SMILES string of the molecule is CC1(C)CSc2nccc3cccc1c23. The summed E-state index contributed by atoms with van der Waals surface area (Å²) >= 11 is 1.88. The van der Waals surface area contributed by atoms with Crippen LogP contribution in [0, 0.1) is 0 Å². The Morgan fingerprint density at radius 2 is 2.13 bits per heavy atom. The third-order valence-electron chi connectivity index (χ3n) is 3.06. The van der Waals surface area contributed by atoms with Crippen molar-refractivity contribution >= 4 is 22.5 Å². The maximum absolute atomic E-state index is 4.47. The molecule has 0 fully saturated rings. The first-order valence-corrected chi connectivity index (χ1v) is 6.18. The van der Waals surface area contributed by atoms with Gasteiger partial charge in [-0.15, -0.1) is 11.8 Å². The highest BCUT2D eigenvalue weighted by Gasteiger charge is 2.28. The lowest BCUT2D eigenvalue weighted by molar-refractivity contribution is 0.602. The van der Waals surface area contributed by atoms with Crippen molar-refractivity contribution in [1.29, 1.82) is 0 Å². The Balaban J connectivity index is 2.47. The van der Waals surface area contributed by atoms with Crippen molar-refractivity contribution in [2.24, 2.45) is 0 Å². The first kappa shape index (κ1) is 9.22. The molecule has 0 saturated heterocycles.